The Hall–Kier alpha value is -0.900. The van der Waals surface area contributed by atoms with Crippen LogP contribution in [0.25, 0.3) is 0 Å². The van der Waals surface area contributed by atoms with Crippen LogP contribution in [0.5, 0.6) is 5.19 Å². The summed E-state index contributed by atoms with van der Waals surface area (Å²) < 4.78 is 21.1. The molecule has 0 saturated carbocycles. The van der Waals surface area contributed by atoms with E-state index in [4.69, 9.17) is 14.2 Å². The lowest BCUT2D eigenvalue weighted by Gasteiger charge is -2.25. The lowest BCUT2D eigenvalue weighted by molar-refractivity contribution is -0.127. The molecular weight excluding hydrogens is 326 g/mol. The van der Waals surface area contributed by atoms with Crippen LogP contribution in [0.1, 0.15) is 20.8 Å². The molecule has 0 aromatic carbocycles. The first-order chi connectivity index (χ1) is 10.3. The topological polar surface area (TPSA) is 73.8 Å². The predicted octanol–water partition coefficient (Wildman–Crippen LogP) is 2.48. The maximum absolute atomic E-state index is 11.6. The second-order valence-electron chi connectivity index (χ2n) is 6.21. The van der Waals surface area contributed by atoms with Crippen LogP contribution in [0.4, 0.5) is 4.79 Å². The van der Waals surface area contributed by atoms with Crippen molar-refractivity contribution in [2.24, 2.45) is 5.41 Å². The van der Waals surface area contributed by atoms with Gasteiger partial charge in [0.15, 0.2) is 6.29 Å². The molecule has 0 aliphatic carbocycles. The summed E-state index contributed by atoms with van der Waals surface area (Å²) in [5.74, 6) is 0. The second kappa shape index (κ2) is 7.12. The summed E-state index contributed by atoms with van der Waals surface area (Å²) in [6, 6.07) is 0. The van der Waals surface area contributed by atoms with Gasteiger partial charge in [0.25, 0.3) is 10.4 Å². The van der Waals surface area contributed by atoms with Crippen LogP contribution in [-0.4, -0.2) is 59.2 Å². The van der Waals surface area contributed by atoms with Gasteiger partial charge < -0.3 is 19.1 Å². The van der Waals surface area contributed by atoms with Crippen molar-refractivity contribution >= 4 is 28.5 Å². The molecule has 1 aliphatic heterocycles. The molecule has 124 valence electrons. The minimum atomic E-state index is -0.223. The van der Waals surface area contributed by atoms with Gasteiger partial charge in [-0.2, -0.15) is 9.36 Å². The highest BCUT2D eigenvalue weighted by Crippen LogP contribution is 2.29. The maximum atomic E-state index is 11.6. The fraction of sp³-hybridized carbons (Fsp3) is 0.769. The Labute approximate surface area is 138 Å². The van der Waals surface area contributed by atoms with Crippen LogP contribution >= 0.6 is 23.3 Å². The van der Waals surface area contributed by atoms with Gasteiger partial charge in [-0.05, 0) is 0 Å². The van der Waals surface area contributed by atoms with Gasteiger partial charge in [0.1, 0.15) is 12.7 Å². The number of thioether (sulfide) groups is 1. The van der Waals surface area contributed by atoms with Crippen molar-refractivity contribution < 1.29 is 19.0 Å². The van der Waals surface area contributed by atoms with Crippen molar-refractivity contribution in [2.75, 3.05) is 27.3 Å². The highest BCUT2D eigenvalue weighted by molar-refractivity contribution is 8.13. The van der Waals surface area contributed by atoms with Gasteiger partial charge in [0, 0.05) is 42.8 Å². The third-order valence-corrected chi connectivity index (χ3v) is 4.43. The van der Waals surface area contributed by atoms with Crippen molar-refractivity contribution in [3.05, 3.63) is 0 Å². The van der Waals surface area contributed by atoms with Gasteiger partial charge in [-0.1, -0.05) is 20.8 Å². The Morgan fingerprint density at radius 2 is 2.23 bits per heavy atom. The minimum Gasteiger partial charge on any atom is -0.466 e. The molecule has 1 aliphatic rings. The molecule has 1 fully saturated rings. The predicted molar refractivity (Wildman–Crippen MR) is 84.4 cm³/mol. The highest BCUT2D eigenvalue weighted by Gasteiger charge is 2.35. The largest absolute Gasteiger partial charge is 0.466 e. The monoisotopic (exact) mass is 347 g/mol. The molecule has 2 rings (SSSR count). The quantitative estimate of drug-likeness (QED) is 0.775. The molecule has 1 aromatic rings. The fourth-order valence-electron chi connectivity index (χ4n) is 1.62. The Kier molecular flexibility index (Phi) is 5.65. The molecular formula is C13H21N3O4S2. The number of aromatic nitrogens is 2. The normalized spacial score (nSPS) is 21.9. The van der Waals surface area contributed by atoms with Crippen LogP contribution in [0.15, 0.2) is 5.16 Å². The number of nitrogens with zero attached hydrogens (tertiary/aromatic N) is 3. The fourth-order valence-corrected chi connectivity index (χ4v) is 2.85. The summed E-state index contributed by atoms with van der Waals surface area (Å²) in [5, 5.41) is 0.705. The third kappa shape index (κ3) is 4.80. The lowest BCUT2D eigenvalue weighted by Crippen LogP contribution is -2.29. The summed E-state index contributed by atoms with van der Waals surface area (Å²) in [6.07, 6.45) is -0.341. The average Bonchev–Trinajstić information content (AvgIpc) is 3.04. The number of ether oxygens (including phenoxy) is 3. The van der Waals surface area contributed by atoms with Crippen LogP contribution in [0, 0.1) is 5.41 Å². The molecule has 9 heteroatoms. The van der Waals surface area contributed by atoms with E-state index >= 15 is 0 Å². The Morgan fingerprint density at radius 1 is 1.50 bits per heavy atom. The SMILES string of the molecule is CN(C)C(=O)Sc1nsc(OCC2COC(C(C)(C)C)O2)n1. The van der Waals surface area contributed by atoms with Gasteiger partial charge in [-0.25, -0.2) is 0 Å². The summed E-state index contributed by atoms with van der Waals surface area (Å²) in [5.41, 5.74) is -0.0617. The smallest absolute Gasteiger partial charge is 0.294 e. The van der Waals surface area contributed by atoms with Gasteiger partial charge in [0.2, 0.25) is 5.16 Å². The Morgan fingerprint density at radius 3 is 2.82 bits per heavy atom. The molecule has 2 unspecified atom stereocenters. The van der Waals surface area contributed by atoms with E-state index in [0.29, 0.717) is 23.6 Å². The molecule has 1 amide bonds. The molecule has 2 atom stereocenters. The maximum Gasteiger partial charge on any atom is 0.294 e. The van der Waals surface area contributed by atoms with Crippen LogP contribution in [-0.2, 0) is 9.47 Å². The molecule has 22 heavy (non-hydrogen) atoms. The zero-order valence-corrected chi connectivity index (χ0v) is 15.0. The summed E-state index contributed by atoms with van der Waals surface area (Å²) in [7, 11) is 3.37. The third-order valence-electron chi connectivity index (χ3n) is 2.78. The van der Waals surface area contributed by atoms with Gasteiger partial charge >= 0.3 is 0 Å². The first-order valence-electron chi connectivity index (χ1n) is 6.88. The van der Waals surface area contributed by atoms with Crippen molar-refractivity contribution in [3.63, 3.8) is 0 Å². The number of carbonyl (C=O) groups excluding carboxylic acids is 1. The van der Waals surface area contributed by atoms with E-state index in [9.17, 15) is 4.79 Å². The van der Waals surface area contributed by atoms with E-state index in [-0.39, 0.29) is 23.0 Å². The molecule has 0 bridgehead atoms. The summed E-state index contributed by atoms with van der Waals surface area (Å²) in [6.45, 7) is 7.06. The molecule has 0 radical (unpaired) electrons. The van der Waals surface area contributed by atoms with Crippen molar-refractivity contribution in [2.45, 2.75) is 38.3 Å². The molecule has 2 heterocycles. The number of amides is 1. The first kappa shape index (κ1) is 17.5. The lowest BCUT2D eigenvalue weighted by atomic mass is 9.96. The first-order valence-corrected chi connectivity index (χ1v) is 8.47. The van der Waals surface area contributed by atoms with Crippen molar-refractivity contribution in [1.82, 2.24) is 14.3 Å². The molecule has 1 saturated heterocycles. The van der Waals surface area contributed by atoms with E-state index in [1.807, 2.05) is 0 Å². The number of carbonyl (C=O) groups is 1. The van der Waals surface area contributed by atoms with E-state index in [1.165, 1.54) is 4.90 Å². The van der Waals surface area contributed by atoms with Crippen LogP contribution < -0.4 is 4.74 Å². The van der Waals surface area contributed by atoms with E-state index in [2.05, 4.69) is 30.1 Å². The molecule has 7 nitrogen and oxygen atoms in total. The van der Waals surface area contributed by atoms with Gasteiger partial charge in [-0.3, -0.25) is 4.79 Å². The van der Waals surface area contributed by atoms with Crippen molar-refractivity contribution in [3.8, 4) is 5.19 Å². The van der Waals surface area contributed by atoms with Crippen LogP contribution in [0.2, 0.25) is 0 Å². The zero-order chi connectivity index (χ0) is 16.3. The zero-order valence-electron chi connectivity index (χ0n) is 13.4. The Bertz CT molecular complexity index is 516. The average molecular weight is 347 g/mol. The standard InChI is InChI=1S/C13H21N3O4S2/c1-13(2,3)9-18-6-8(20-9)7-19-11-14-10(15-22-11)21-12(17)16(4)5/h8-9H,6-7H2,1-5H3. The summed E-state index contributed by atoms with van der Waals surface area (Å²) in [4.78, 5) is 17.2. The van der Waals surface area contributed by atoms with Gasteiger partial charge in [0.05, 0.1) is 6.61 Å². The second-order valence-corrected chi connectivity index (χ2v) is 7.84. The van der Waals surface area contributed by atoms with E-state index < -0.39 is 0 Å². The van der Waals surface area contributed by atoms with Gasteiger partial charge in [-0.15, -0.1) is 0 Å². The van der Waals surface area contributed by atoms with E-state index in [1.54, 1.807) is 14.1 Å². The molecule has 1 aromatic heterocycles. The Balaban J connectivity index is 1.79. The molecule has 0 spiro atoms. The number of rotatable bonds is 4. The minimum absolute atomic E-state index is 0.0617. The number of hydrogen-bond donors (Lipinski definition) is 0. The summed E-state index contributed by atoms with van der Waals surface area (Å²) >= 11 is 2.10. The van der Waals surface area contributed by atoms with Crippen LogP contribution in [0.3, 0.4) is 0 Å². The van der Waals surface area contributed by atoms with Crippen molar-refractivity contribution in [1.29, 1.82) is 0 Å². The van der Waals surface area contributed by atoms with E-state index in [0.717, 1.165) is 23.3 Å². The number of hydrogen-bond acceptors (Lipinski definition) is 8. The highest BCUT2D eigenvalue weighted by atomic mass is 32.2. The molecule has 0 N–H and O–H groups in total.